The summed E-state index contributed by atoms with van der Waals surface area (Å²) in [7, 11) is 0. The lowest BCUT2D eigenvalue weighted by Gasteiger charge is -2.20. The third-order valence-corrected chi connectivity index (χ3v) is 4.56. The Hall–Kier alpha value is -2.88. The van der Waals surface area contributed by atoms with Crippen LogP contribution in [-0.2, 0) is 11.3 Å². The molecule has 0 aliphatic carbocycles. The molecule has 1 unspecified atom stereocenters. The number of nitrogens with zero attached hydrogens (tertiary/aromatic N) is 1. The minimum Gasteiger partial charge on any atom is -0.350 e. The van der Waals surface area contributed by atoms with Gasteiger partial charge >= 0.3 is 0 Å². The van der Waals surface area contributed by atoms with Gasteiger partial charge in [0.05, 0.1) is 5.52 Å². The van der Waals surface area contributed by atoms with Crippen LogP contribution >= 0.6 is 0 Å². The lowest BCUT2D eigenvalue weighted by molar-refractivity contribution is -0.124. The lowest BCUT2D eigenvalue weighted by atomic mass is 10.1. The summed E-state index contributed by atoms with van der Waals surface area (Å²) in [5.74, 6) is -0.167. The second-order valence-electron chi connectivity index (χ2n) is 6.39. The topological polar surface area (TPSA) is 51.1 Å². The van der Waals surface area contributed by atoms with Gasteiger partial charge in [0.25, 0.3) is 5.56 Å². The van der Waals surface area contributed by atoms with Crippen molar-refractivity contribution in [1.29, 1.82) is 0 Å². The Bertz CT molecular complexity index is 974. The number of hydrogen-bond donors (Lipinski definition) is 1. The molecule has 4 heteroatoms. The van der Waals surface area contributed by atoms with Crippen LogP contribution in [-0.4, -0.2) is 10.5 Å². The van der Waals surface area contributed by atoms with Crippen molar-refractivity contribution < 1.29 is 4.79 Å². The zero-order valence-corrected chi connectivity index (χ0v) is 14.7. The molecule has 1 atom stereocenters. The number of aryl methyl sites for hydroxylation is 2. The predicted octanol–water partition coefficient (Wildman–Crippen LogP) is 3.50. The zero-order chi connectivity index (χ0) is 18.0. The number of pyridine rings is 1. The van der Waals surface area contributed by atoms with Crippen molar-refractivity contribution >= 4 is 16.8 Å². The summed E-state index contributed by atoms with van der Waals surface area (Å²) in [4.78, 5) is 25.2. The molecule has 2 aromatic carbocycles. The summed E-state index contributed by atoms with van der Waals surface area (Å²) < 4.78 is 1.60. The van der Waals surface area contributed by atoms with E-state index in [1.807, 2.05) is 62.4 Å². The van der Waals surface area contributed by atoms with Crippen LogP contribution in [0.1, 0.15) is 29.7 Å². The van der Waals surface area contributed by atoms with Gasteiger partial charge in [-0.3, -0.25) is 14.2 Å². The molecule has 0 fully saturated rings. The molecule has 0 radical (unpaired) electrons. The molecule has 25 heavy (non-hydrogen) atoms. The Morgan fingerprint density at radius 1 is 1.04 bits per heavy atom. The van der Waals surface area contributed by atoms with E-state index in [1.54, 1.807) is 17.6 Å². The average Bonchev–Trinajstić information content (AvgIpc) is 2.61. The highest BCUT2D eigenvalue weighted by Crippen LogP contribution is 2.22. The maximum absolute atomic E-state index is 12.6. The van der Waals surface area contributed by atoms with Gasteiger partial charge in [-0.1, -0.05) is 48.5 Å². The van der Waals surface area contributed by atoms with Gasteiger partial charge in [-0.05, 0) is 37.5 Å². The fourth-order valence-corrected chi connectivity index (χ4v) is 3.17. The third kappa shape index (κ3) is 3.33. The quantitative estimate of drug-likeness (QED) is 0.794. The van der Waals surface area contributed by atoms with Gasteiger partial charge in [-0.15, -0.1) is 0 Å². The Labute approximate surface area is 147 Å². The lowest BCUT2D eigenvalue weighted by Crippen LogP contribution is -2.35. The summed E-state index contributed by atoms with van der Waals surface area (Å²) in [5.41, 5.74) is 3.62. The molecule has 0 aliphatic heterocycles. The Kier molecular flexibility index (Phi) is 4.70. The monoisotopic (exact) mass is 334 g/mol. The molecule has 0 saturated heterocycles. The molecule has 1 amide bonds. The van der Waals surface area contributed by atoms with Gasteiger partial charge in [-0.25, -0.2) is 0 Å². The highest BCUT2D eigenvalue weighted by Gasteiger charge is 2.19. The maximum atomic E-state index is 12.6. The van der Waals surface area contributed by atoms with E-state index in [0.717, 1.165) is 27.6 Å². The number of carbonyl (C=O) groups excluding carboxylic acids is 1. The number of hydrogen-bond acceptors (Lipinski definition) is 2. The van der Waals surface area contributed by atoms with Crippen LogP contribution in [0.25, 0.3) is 10.9 Å². The van der Waals surface area contributed by atoms with E-state index < -0.39 is 6.04 Å². The second-order valence-corrected chi connectivity index (χ2v) is 6.39. The summed E-state index contributed by atoms with van der Waals surface area (Å²) in [5, 5.41) is 3.93. The smallest absolute Gasteiger partial charge is 0.252 e. The van der Waals surface area contributed by atoms with Gasteiger partial charge in [0.2, 0.25) is 5.91 Å². The minimum absolute atomic E-state index is 0.151. The van der Waals surface area contributed by atoms with Crippen LogP contribution in [0.15, 0.2) is 59.4 Å². The van der Waals surface area contributed by atoms with E-state index in [1.165, 1.54) is 0 Å². The first-order valence-electron chi connectivity index (χ1n) is 8.42. The first-order valence-corrected chi connectivity index (χ1v) is 8.42. The summed E-state index contributed by atoms with van der Waals surface area (Å²) in [6.07, 6.45) is 0. The molecule has 1 aromatic heterocycles. The van der Waals surface area contributed by atoms with Gasteiger partial charge in [0.15, 0.2) is 0 Å². The van der Waals surface area contributed by atoms with E-state index in [0.29, 0.717) is 6.54 Å². The van der Waals surface area contributed by atoms with Crippen molar-refractivity contribution in [3.05, 3.63) is 81.6 Å². The Morgan fingerprint density at radius 2 is 1.76 bits per heavy atom. The summed E-state index contributed by atoms with van der Waals surface area (Å²) in [6, 6.07) is 16.7. The van der Waals surface area contributed by atoms with Crippen LogP contribution in [0.2, 0.25) is 0 Å². The van der Waals surface area contributed by atoms with Gasteiger partial charge < -0.3 is 5.32 Å². The summed E-state index contributed by atoms with van der Waals surface area (Å²) >= 11 is 0. The molecule has 0 saturated carbocycles. The van der Waals surface area contributed by atoms with Crippen molar-refractivity contribution in [1.82, 2.24) is 9.88 Å². The van der Waals surface area contributed by atoms with Crippen LogP contribution < -0.4 is 10.9 Å². The SMILES string of the molecule is Cc1cc(=O)n(C(C)C(=O)NCc2ccccc2)c2c(C)cccc12. The van der Waals surface area contributed by atoms with Crippen LogP contribution in [0.3, 0.4) is 0 Å². The molecule has 1 heterocycles. The molecule has 0 aliphatic rings. The fraction of sp³-hybridized carbons (Fsp3) is 0.238. The van der Waals surface area contributed by atoms with E-state index >= 15 is 0 Å². The fourth-order valence-electron chi connectivity index (χ4n) is 3.17. The average molecular weight is 334 g/mol. The number of benzene rings is 2. The van der Waals surface area contributed by atoms with Gasteiger partial charge in [0, 0.05) is 18.0 Å². The van der Waals surface area contributed by atoms with Crippen molar-refractivity contribution in [3.8, 4) is 0 Å². The molecular weight excluding hydrogens is 312 g/mol. The van der Waals surface area contributed by atoms with Crippen LogP contribution in [0.5, 0.6) is 0 Å². The number of carbonyl (C=O) groups is 1. The molecule has 3 aromatic rings. The van der Waals surface area contributed by atoms with E-state index in [9.17, 15) is 9.59 Å². The number of rotatable bonds is 4. The first kappa shape index (κ1) is 17.0. The molecule has 3 rings (SSSR count). The first-order chi connectivity index (χ1) is 12.0. The highest BCUT2D eigenvalue weighted by atomic mass is 16.2. The molecule has 1 N–H and O–H groups in total. The second kappa shape index (κ2) is 6.93. The third-order valence-electron chi connectivity index (χ3n) is 4.56. The number of para-hydroxylation sites is 1. The van der Waals surface area contributed by atoms with Crippen LogP contribution in [0, 0.1) is 13.8 Å². The van der Waals surface area contributed by atoms with Crippen molar-refractivity contribution in [3.63, 3.8) is 0 Å². The number of amides is 1. The van der Waals surface area contributed by atoms with Crippen LogP contribution in [0.4, 0.5) is 0 Å². The molecule has 0 spiro atoms. The zero-order valence-electron chi connectivity index (χ0n) is 14.7. The normalized spacial score (nSPS) is 12.1. The molecular formula is C21H22N2O2. The predicted molar refractivity (Wildman–Crippen MR) is 101 cm³/mol. The highest BCUT2D eigenvalue weighted by molar-refractivity contribution is 5.88. The van der Waals surface area contributed by atoms with Gasteiger partial charge in [-0.2, -0.15) is 0 Å². The number of fused-ring (bicyclic) bond motifs is 1. The van der Waals surface area contributed by atoms with Gasteiger partial charge in [0.1, 0.15) is 6.04 Å². The number of aromatic nitrogens is 1. The van der Waals surface area contributed by atoms with E-state index in [-0.39, 0.29) is 11.5 Å². The van der Waals surface area contributed by atoms with Crippen molar-refractivity contribution in [2.45, 2.75) is 33.4 Å². The van der Waals surface area contributed by atoms with Crippen molar-refractivity contribution in [2.24, 2.45) is 0 Å². The molecule has 0 bridgehead atoms. The standard InChI is InChI=1S/C21H22N2O2/c1-14-8-7-11-18-15(2)12-19(24)23(20(14)18)16(3)21(25)22-13-17-9-5-4-6-10-17/h4-12,16H,13H2,1-3H3,(H,22,25). The number of nitrogens with one attached hydrogen (secondary N) is 1. The molecule has 128 valence electrons. The van der Waals surface area contributed by atoms with E-state index in [4.69, 9.17) is 0 Å². The Morgan fingerprint density at radius 3 is 2.48 bits per heavy atom. The Balaban J connectivity index is 1.95. The summed E-state index contributed by atoms with van der Waals surface area (Å²) in [6.45, 7) is 6.10. The maximum Gasteiger partial charge on any atom is 0.252 e. The van der Waals surface area contributed by atoms with E-state index in [2.05, 4.69) is 5.32 Å². The largest absolute Gasteiger partial charge is 0.350 e. The minimum atomic E-state index is -0.583. The molecule has 4 nitrogen and oxygen atoms in total. The van der Waals surface area contributed by atoms with Crippen molar-refractivity contribution in [2.75, 3.05) is 0 Å².